The van der Waals surface area contributed by atoms with Gasteiger partial charge in [0.2, 0.25) is 0 Å². The quantitative estimate of drug-likeness (QED) is 0.595. The van der Waals surface area contributed by atoms with Crippen LogP contribution in [-0.2, 0) is 14.6 Å². The molecule has 0 aromatic carbocycles. The van der Waals surface area contributed by atoms with Crippen LogP contribution in [0.15, 0.2) is 0 Å². The fourth-order valence-electron chi connectivity index (χ4n) is 2.50. The molecule has 5 nitrogen and oxygen atoms in total. The second kappa shape index (κ2) is 8.89. The van der Waals surface area contributed by atoms with Crippen molar-refractivity contribution in [1.29, 1.82) is 0 Å². The molecule has 1 aliphatic heterocycles. The van der Waals surface area contributed by atoms with Gasteiger partial charge in [-0.15, -0.1) is 0 Å². The summed E-state index contributed by atoms with van der Waals surface area (Å²) >= 11 is 0. The molecule has 1 heterocycles. The first-order valence-electron chi connectivity index (χ1n) is 7.23. The lowest BCUT2D eigenvalue weighted by Gasteiger charge is -2.24. The lowest BCUT2D eigenvalue weighted by atomic mass is 10.2. The van der Waals surface area contributed by atoms with Crippen molar-refractivity contribution in [3.05, 3.63) is 0 Å². The Bertz CT molecular complexity index is 333. The van der Waals surface area contributed by atoms with Gasteiger partial charge in [-0.1, -0.05) is 6.92 Å². The van der Waals surface area contributed by atoms with E-state index in [1.165, 1.54) is 12.8 Å². The Labute approximate surface area is 117 Å². The molecule has 1 aliphatic rings. The largest absolute Gasteiger partial charge is 0.383 e. The smallest absolute Gasteiger partial charge is 0.150 e. The van der Waals surface area contributed by atoms with Gasteiger partial charge in [0.05, 0.1) is 12.4 Å². The molecule has 19 heavy (non-hydrogen) atoms. The second-order valence-corrected chi connectivity index (χ2v) is 7.59. The number of hydrogen-bond acceptors (Lipinski definition) is 5. The summed E-state index contributed by atoms with van der Waals surface area (Å²) in [6.45, 7) is 6.31. The molecule has 1 atom stereocenters. The van der Waals surface area contributed by atoms with Crippen LogP contribution in [0.5, 0.6) is 0 Å². The zero-order valence-electron chi connectivity index (χ0n) is 12.2. The standard InChI is InChI=1S/C13H28N2O3S/c1-3-19(16,17)11-5-9-15-8-4-6-13(15)12-14-7-10-18-2/h13-14H,3-12H2,1-2H3. The van der Waals surface area contributed by atoms with Crippen LogP contribution in [-0.4, -0.2) is 70.8 Å². The molecule has 0 bridgehead atoms. The third kappa shape index (κ3) is 6.70. The van der Waals surface area contributed by atoms with Gasteiger partial charge in [0, 0.05) is 32.0 Å². The van der Waals surface area contributed by atoms with Crippen molar-refractivity contribution in [2.45, 2.75) is 32.2 Å². The Balaban J connectivity index is 2.20. The average molecular weight is 292 g/mol. The van der Waals surface area contributed by atoms with Gasteiger partial charge in [-0.05, 0) is 32.4 Å². The number of sulfone groups is 1. The Kier molecular flexibility index (Phi) is 7.90. The average Bonchev–Trinajstić information content (AvgIpc) is 2.82. The molecule has 0 amide bonds. The van der Waals surface area contributed by atoms with Crippen LogP contribution in [0.3, 0.4) is 0 Å². The monoisotopic (exact) mass is 292 g/mol. The molecule has 0 spiro atoms. The van der Waals surface area contributed by atoms with Crippen molar-refractivity contribution in [3.63, 3.8) is 0 Å². The minimum atomic E-state index is -2.81. The van der Waals surface area contributed by atoms with Gasteiger partial charge in [0.25, 0.3) is 0 Å². The summed E-state index contributed by atoms with van der Waals surface area (Å²) in [5.41, 5.74) is 0. The van der Waals surface area contributed by atoms with E-state index in [0.29, 0.717) is 11.8 Å². The molecular weight excluding hydrogens is 264 g/mol. The number of nitrogens with one attached hydrogen (secondary N) is 1. The minimum Gasteiger partial charge on any atom is -0.383 e. The zero-order valence-corrected chi connectivity index (χ0v) is 13.0. The summed E-state index contributed by atoms with van der Waals surface area (Å²) in [4.78, 5) is 2.42. The second-order valence-electron chi connectivity index (χ2n) is 5.12. The van der Waals surface area contributed by atoms with Gasteiger partial charge in [-0.2, -0.15) is 0 Å². The Hall–Kier alpha value is -0.170. The Morgan fingerprint density at radius 2 is 2.21 bits per heavy atom. The van der Waals surface area contributed by atoms with Gasteiger partial charge in [0.1, 0.15) is 9.84 Å². The van der Waals surface area contributed by atoms with E-state index in [1.807, 2.05) is 0 Å². The van der Waals surface area contributed by atoms with Gasteiger partial charge in [0.15, 0.2) is 0 Å². The fourth-order valence-corrected chi connectivity index (χ4v) is 3.35. The number of likely N-dealkylation sites (tertiary alicyclic amines) is 1. The lowest BCUT2D eigenvalue weighted by Crippen LogP contribution is -2.39. The van der Waals surface area contributed by atoms with E-state index in [0.717, 1.165) is 39.2 Å². The number of ether oxygens (including phenoxy) is 1. The van der Waals surface area contributed by atoms with E-state index in [2.05, 4.69) is 10.2 Å². The van der Waals surface area contributed by atoms with Crippen molar-refractivity contribution >= 4 is 9.84 Å². The molecule has 0 saturated carbocycles. The molecule has 1 fully saturated rings. The maximum atomic E-state index is 11.5. The molecular formula is C13H28N2O3S. The first-order valence-corrected chi connectivity index (χ1v) is 9.05. The van der Waals surface area contributed by atoms with Crippen molar-refractivity contribution in [2.24, 2.45) is 0 Å². The molecule has 1 saturated heterocycles. The Morgan fingerprint density at radius 1 is 1.42 bits per heavy atom. The van der Waals surface area contributed by atoms with Crippen LogP contribution in [0, 0.1) is 0 Å². The minimum absolute atomic E-state index is 0.259. The normalized spacial score (nSPS) is 21.1. The maximum Gasteiger partial charge on any atom is 0.150 e. The molecule has 0 aromatic rings. The van der Waals surface area contributed by atoms with Crippen LogP contribution < -0.4 is 5.32 Å². The summed E-state index contributed by atoms with van der Waals surface area (Å²) in [6.07, 6.45) is 3.18. The molecule has 114 valence electrons. The predicted molar refractivity (Wildman–Crippen MR) is 78.3 cm³/mol. The maximum absolute atomic E-state index is 11.5. The summed E-state index contributed by atoms with van der Waals surface area (Å²) in [5, 5.41) is 3.39. The van der Waals surface area contributed by atoms with Gasteiger partial charge < -0.3 is 10.1 Å². The molecule has 6 heteroatoms. The Morgan fingerprint density at radius 3 is 2.89 bits per heavy atom. The van der Waals surface area contributed by atoms with Crippen LogP contribution in [0.1, 0.15) is 26.2 Å². The van der Waals surface area contributed by atoms with Crippen molar-refractivity contribution in [1.82, 2.24) is 10.2 Å². The number of methoxy groups -OCH3 is 1. The highest BCUT2D eigenvalue weighted by molar-refractivity contribution is 7.91. The molecule has 0 aliphatic carbocycles. The van der Waals surface area contributed by atoms with E-state index in [1.54, 1.807) is 14.0 Å². The van der Waals surface area contributed by atoms with E-state index in [4.69, 9.17) is 4.74 Å². The van der Waals surface area contributed by atoms with Gasteiger partial charge in [-0.3, -0.25) is 4.90 Å². The van der Waals surface area contributed by atoms with Gasteiger partial charge in [-0.25, -0.2) is 8.42 Å². The molecule has 0 aromatic heterocycles. The van der Waals surface area contributed by atoms with E-state index in [-0.39, 0.29) is 5.75 Å². The third-order valence-corrected chi connectivity index (χ3v) is 5.49. The summed E-state index contributed by atoms with van der Waals surface area (Å²) in [7, 11) is -1.11. The van der Waals surface area contributed by atoms with Crippen LogP contribution >= 0.6 is 0 Å². The predicted octanol–water partition coefficient (Wildman–Crippen LogP) is 0.512. The molecule has 1 N–H and O–H groups in total. The third-order valence-electron chi connectivity index (χ3n) is 3.70. The topological polar surface area (TPSA) is 58.6 Å². The molecule has 1 rings (SSSR count). The van der Waals surface area contributed by atoms with E-state index in [9.17, 15) is 8.42 Å². The van der Waals surface area contributed by atoms with E-state index >= 15 is 0 Å². The molecule has 1 unspecified atom stereocenters. The summed E-state index contributed by atoms with van der Waals surface area (Å²) in [6, 6.07) is 0.557. The van der Waals surface area contributed by atoms with E-state index < -0.39 is 9.84 Å². The SMILES string of the molecule is CCS(=O)(=O)CCCN1CCCC1CNCCOC. The highest BCUT2D eigenvalue weighted by atomic mass is 32.2. The van der Waals surface area contributed by atoms with Gasteiger partial charge >= 0.3 is 0 Å². The summed E-state index contributed by atoms with van der Waals surface area (Å²) in [5.74, 6) is 0.582. The first kappa shape index (κ1) is 16.9. The number of nitrogens with zero attached hydrogens (tertiary/aromatic N) is 1. The van der Waals surface area contributed by atoms with Crippen LogP contribution in [0.2, 0.25) is 0 Å². The highest BCUT2D eigenvalue weighted by Gasteiger charge is 2.23. The lowest BCUT2D eigenvalue weighted by molar-refractivity contribution is 0.192. The highest BCUT2D eigenvalue weighted by Crippen LogP contribution is 2.16. The van der Waals surface area contributed by atoms with Crippen LogP contribution in [0.25, 0.3) is 0 Å². The zero-order chi connectivity index (χ0) is 14.1. The fraction of sp³-hybridized carbons (Fsp3) is 1.00. The van der Waals surface area contributed by atoms with Crippen molar-refractivity contribution < 1.29 is 13.2 Å². The number of hydrogen-bond donors (Lipinski definition) is 1. The number of rotatable bonds is 10. The van der Waals surface area contributed by atoms with Crippen molar-refractivity contribution in [3.8, 4) is 0 Å². The summed E-state index contributed by atoms with van der Waals surface area (Å²) < 4.78 is 27.9. The first-order chi connectivity index (χ1) is 9.09. The molecule has 0 radical (unpaired) electrons. The van der Waals surface area contributed by atoms with Crippen molar-refractivity contribution in [2.75, 3.05) is 51.4 Å². The van der Waals surface area contributed by atoms with Crippen LogP contribution in [0.4, 0.5) is 0 Å².